The maximum absolute atomic E-state index is 12.2. The molecule has 3 N–H and O–H groups in total. The van der Waals surface area contributed by atoms with E-state index in [2.05, 4.69) is 19.8 Å². The second-order valence-corrected chi connectivity index (χ2v) is 8.10. The molecule has 0 bridgehead atoms. The summed E-state index contributed by atoms with van der Waals surface area (Å²) in [6, 6.07) is 10.3. The highest BCUT2D eigenvalue weighted by atomic mass is 32.2. The van der Waals surface area contributed by atoms with Gasteiger partial charge in [0.2, 0.25) is 5.91 Å². The number of nitrogens with one attached hydrogen (secondary N) is 3. The van der Waals surface area contributed by atoms with Crippen molar-refractivity contribution in [2.75, 3.05) is 5.32 Å². The number of hydrogen-bond donors (Lipinski definition) is 3. The van der Waals surface area contributed by atoms with Crippen LogP contribution in [0.1, 0.15) is 42.8 Å². The Balaban J connectivity index is 1.47. The van der Waals surface area contributed by atoms with Gasteiger partial charge in [-0.3, -0.25) is 14.3 Å². The van der Waals surface area contributed by atoms with Crippen molar-refractivity contribution in [1.29, 1.82) is 0 Å². The van der Waals surface area contributed by atoms with Crippen LogP contribution in [0.4, 0.5) is 5.69 Å². The van der Waals surface area contributed by atoms with Crippen molar-refractivity contribution in [1.82, 2.24) is 10.0 Å². The molecule has 1 aliphatic heterocycles. The van der Waals surface area contributed by atoms with E-state index in [1.54, 1.807) is 50.2 Å². The van der Waals surface area contributed by atoms with E-state index in [0.29, 0.717) is 30.1 Å². The van der Waals surface area contributed by atoms with Crippen molar-refractivity contribution in [3.8, 4) is 0 Å². The highest BCUT2D eigenvalue weighted by Crippen LogP contribution is 2.18. The van der Waals surface area contributed by atoms with E-state index in [1.807, 2.05) is 0 Å². The number of allylic oxidation sites excluding steroid dienone is 2. The number of hydrogen-bond acceptors (Lipinski definition) is 5. The Bertz CT molecular complexity index is 1100. The summed E-state index contributed by atoms with van der Waals surface area (Å²) in [5, 5.41) is 5.55. The lowest BCUT2D eigenvalue weighted by molar-refractivity contribution is -0.121. The van der Waals surface area contributed by atoms with Crippen molar-refractivity contribution in [2.45, 2.75) is 33.2 Å². The number of anilines is 1. The molecule has 2 aromatic rings. The van der Waals surface area contributed by atoms with Gasteiger partial charge in [0, 0.05) is 24.4 Å². The van der Waals surface area contributed by atoms with Gasteiger partial charge in [-0.05, 0) is 55.7 Å². The fourth-order valence-electron chi connectivity index (χ4n) is 2.99. The van der Waals surface area contributed by atoms with Crippen LogP contribution < -0.4 is 15.4 Å². The highest BCUT2D eigenvalue weighted by molar-refractivity contribution is 7.88. The van der Waals surface area contributed by atoms with Gasteiger partial charge in [-0.15, -0.1) is 4.40 Å². The van der Waals surface area contributed by atoms with E-state index in [4.69, 9.17) is 4.42 Å². The maximum atomic E-state index is 12.2. The highest BCUT2D eigenvalue weighted by Gasteiger charge is 2.20. The minimum atomic E-state index is -3.67. The molecule has 30 heavy (non-hydrogen) atoms. The van der Waals surface area contributed by atoms with E-state index in [0.717, 1.165) is 11.1 Å². The van der Waals surface area contributed by atoms with E-state index in [-0.39, 0.29) is 24.0 Å². The number of amides is 2. The Morgan fingerprint density at radius 2 is 1.87 bits per heavy atom. The van der Waals surface area contributed by atoms with Crippen LogP contribution in [0.3, 0.4) is 0 Å². The minimum Gasteiger partial charge on any atom is -0.459 e. The van der Waals surface area contributed by atoms with Gasteiger partial charge in [-0.25, -0.2) is 0 Å². The molecular formula is C20H22N4O5S. The largest absolute Gasteiger partial charge is 0.459 e. The molecule has 0 unspecified atom stereocenters. The molecule has 158 valence electrons. The molecule has 1 aromatic carbocycles. The number of nitrogens with zero attached hydrogens (tertiary/aromatic N) is 1. The molecule has 2 amide bonds. The first-order valence-corrected chi connectivity index (χ1v) is 10.7. The van der Waals surface area contributed by atoms with Crippen LogP contribution in [0.25, 0.3) is 0 Å². The zero-order chi connectivity index (χ0) is 21.7. The summed E-state index contributed by atoms with van der Waals surface area (Å²) in [6.07, 6.45) is 2.02. The average Bonchev–Trinajstić information content (AvgIpc) is 3.21. The van der Waals surface area contributed by atoms with Gasteiger partial charge in [-0.2, -0.15) is 8.42 Å². The first-order chi connectivity index (χ1) is 14.2. The average molecular weight is 430 g/mol. The molecular weight excluding hydrogens is 408 g/mol. The van der Waals surface area contributed by atoms with Crippen molar-refractivity contribution >= 4 is 33.4 Å². The lowest BCUT2D eigenvalue weighted by Gasteiger charge is -2.17. The summed E-state index contributed by atoms with van der Waals surface area (Å²) >= 11 is 0. The zero-order valence-electron chi connectivity index (χ0n) is 16.6. The standard InChI is InChI=1S/C20H22N4O5S/c1-13-17(14(2)24-30(27,28)23-13)9-10-19(25)21-12-15-5-7-16(8-6-15)22-20(26)18-4-3-11-29-18/h3-8,11,23H,9-10,12H2,1-2H3,(H,21,25)(H,22,26). The first kappa shape index (κ1) is 21.3. The zero-order valence-corrected chi connectivity index (χ0v) is 17.4. The summed E-state index contributed by atoms with van der Waals surface area (Å²) < 4.78 is 34.0. The van der Waals surface area contributed by atoms with Gasteiger partial charge in [0.1, 0.15) is 0 Å². The van der Waals surface area contributed by atoms with E-state index < -0.39 is 10.2 Å². The third-order valence-corrected chi connectivity index (χ3v) is 5.56. The topological polar surface area (TPSA) is 130 Å². The predicted molar refractivity (Wildman–Crippen MR) is 112 cm³/mol. The van der Waals surface area contributed by atoms with Crippen LogP contribution in [-0.4, -0.2) is 25.9 Å². The molecule has 3 rings (SSSR count). The normalized spacial score (nSPS) is 15.2. The second-order valence-electron chi connectivity index (χ2n) is 6.76. The summed E-state index contributed by atoms with van der Waals surface area (Å²) in [7, 11) is -3.67. The van der Waals surface area contributed by atoms with Gasteiger partial charge in [0.05, 0.1) is 12.0 Å². The second kappa shape index (κ2) is 8.95. The quantitative estimate of drug-likeness (QED) is 0.621. The summed E-state index contributed by atoms with van der Waals surface area (Å²) in [5.74, 6) is -0.274. The van der Waals surface area contributed by atoms with Crippen LogP contribution >= 0.6 is 0 Å². The monoisotopic (exact) mass is 430 g/mol. The number of benzene rings is 1. The van der Waals surface area contributed by atoms with Crippen molar-refractivity contribution in [3.63, 3.8) is 0 Å². The fourth-order valence-corrected chi connectivity index (χ4v) is 4.01. The van der Waals surface area contributed by atoms with Gasteiger partial charge >= 0.3 is 10.2 Å². The number of rotatable bonds is 7. The maximum Gasteiger partial charge on any atom is 0.342 e. The molecule has 0 radical (unpaired) electrons. The SMILES string of the molecule is CC1=NS(=O)(=O)NC(C)=C1CCC(=O)NCc1ccc(NC(=O)c2ccco2)cc1. The number of carbonyl (C=O) groups is 2. The van der Waals surface area contributed by atoms with Gasteiger partial charge in [0.25, 0.3) is 5.91 Å². The van der Waals surface area contributed by atoms with E-state index in [1.165, 1.54) is 6.26 Å². The molecule has 9 nitrogen and oxygen atoms in total. The fraction of sp³-hybridized carbons (Fsp3) is 0.250. The molecule has 0 aliphatic carbocycles. The van der Waals surface area contributed by atoms with E-state index in [9.17, 15) is 18.0 Å². The molecule has 2 heterocycles. The number of carbonyl (C=O) groups excluding carboxylic acids is 2. The molecule has 0 saturated carbocycles. The number of furan rings is 1. The van der Waals surface area contributed by atoms with Gasteiger partial charge in [0.15, 0.2) is 5.76 Å². The van der Waals surface area contributed by atoms with Crippen LogP contribution in [0.2, 0.25) is 0 Å². The minimum absolute atomic E-state index is 0.160. The smallest absolute Gasteiger partial charge is 0.342 e. The molecule has 0 saturated heterocycles. The van der Waals surface area contributed by atoms with Crippen LogP contribution in [0, 0.1) is 0 Å². The van der Waals surface area contributed by atoms with Crippen molar-refractivity contribution < 1.29 is 22.4 Å². The Morgan fingerprint density at radius 3 is 2.50 bits per heavy atom. The van der Waals surface area contributed by atoms with Gasteiger partial charge < -0.3 is 15.1 Å². The summed E-state index contributed by atoms with van der Waals surface area (Å²) in [4.78, 5) is 24.1. The Labute approximate surface area is 174 Å². The Morgan fingerprint density at radius 1 is 1.13 bits per heavy atom. The van der Waals surface area contributed by atoms with E-state index >= 15 is 0 Å². The predicted octanol–water partition coefficient (Wildman–Crippen LogP) is 2.51. The molecule has 0 fully saturated rings. The van der Waals surface area contributed by atoms with Gasteiger partial charge in [-0.1, -0.05) is 12.1 Å². The molecule has 1 aromatic heterocycles. The Kier molecular flexibility index (Phi) is 6.36. The molecule has 0 atom stereocenters. The van der Waals surface area contributed by atoms with Crippen molar-refractivity contribution in [2.24, 2.45) is 4.40 Å². The molecule has 10 heteroatoms. The third kappa shape index (κ3) is 5.57. The third-order valence-electron chi connectivity index (χ3n) is 4.48. The van der Waals surface area contributed by atoms with Crippen LogP contribution in [-0.2, 0) is 21.5 Å². The lowest BCUT2D eigenvalue weighted by atomic mass is 10.0. The molecule has 0 spiro atoms. The summed E-state index contributed by atoms with van der Waals surface area (Å²) in [5.41, 5.74) is 3.09. The van der Waals surface area contributed by atoms with Crippen LogP contribution in [0.5, 0.6) is 0 Å². The van der Waals surface area contributed by atoms with Crippen LogP contribution in [0.15, 0.2) is 62.7 Å². The first-order valence-electron chi connectivity index (χ1n) is 9.23. The Hall–Kier alpha value is -3.40. The lowest BCUT2D eigenvalue weighted by Crippen LogP contribution is -2.29. The molecule has 1 aliphatic rings. The summed E-state index contributed by atoms with van der Waals surface area (Å²) in [6.45, 7) is 3.60. The van der Waals surface area contributed by atoms with Crippen molar-refractivity contribution in [3.05, 3.63) is 65.3 Å².